The van der Waals surface area contributed by atoms with E-state index in [2.05, 4.69) is 21.2 Å². The van der Waals surface area contributed by atoms with Crippen LogP contribution >= 0.6 is 15.9 Å². The number of benzene rings is 1. The van der Waals surface area contributed by atoms with Crippen LogP contribution in [0.3, 0.4) is 0 Å². The number of amides is 1. The van der Waals surface area contributed by atoms with Crippen LogP contribution in [-0.4, -0.2) is 17.0 Å². The maximum atomic E-state index is 12.0. The van der Waals surface area contributed by atoms with Crippen LogP contribution in [0.5, 0.6) is 0 Å². The molecule has 1 amide bonds. The number of rotatable bonds is 4. The summed E-state index contributed by atoms with van der Waals surface area (Å²) >= 11 is 3.26. The van der Waals surface area contributed by atoms with Gasteiger partial charge in [0.2, 0.25) is 5.91 Å². The predicted octanol–water partition coefficient (Wildman–Crippen LogP) is 4.06. The molecule has 0 saturated heterocycles. The number of halogens is 1. The molecule has 4 nitrogen and oxygen atoms in total. The molecule has 2 rings (SSSR count). The highest BCUT2D eigenvalue weighted by molar-refractivity contribution is 9.10. The Bertz CT molecular complexity index is 510. The van der Waals surface area contributed by atoms with Crippen LogP contribution in [0.4, 0.5) is 5.69 Å². The molecule has 0 spiro atoms. The quantitative estimate of drug-likeness (QED) is 0.869. The maximum Gasteiger partial charge on any atom is 0.335 e. The molecule has 0 aromatic heterocycles. The first kappa shape index (κ1) is 15.0. The number of carboxylic acid groups (broad SMARTS) is 1. The van der Waals surface area contributed by atoms with E-state index < -0.39 is 5.97 Å². The van der Waals surface area contributed by atoms with Gasteiger partial charge in [0, 0.05) is 16.6 Å². The van der Waals surface area contributed by atoms with Gasteiger partial charge in [-0.1, -0.05) is 35.2 Å². The normalized spacial score (nSPS) is 15.8. The summed E-state index contributed by atoms with van der Waals surface area (Å²) in [6.45, 7) is 0. The van der Waals surface area contributed by atoms with Crippen LogP contribution < -0.4 is 5.32 Å². The van der Waals surface area contributed by atoms with Gasteiger partial charge < -0.3 is 10.4 Å². The second kappa shape index (κ2) is 6.88. The topological polar surface area (TPSA) is 66.4 Å². The fraction of sp³-hybridized carbons (Fsp3) is 0.467. The number of carboxylic acids is 1. The van der Waals surface area contributed by atoms with Gasteiger partial charge in [-0.2, -0.15) is 0 Å². The minimum absolute atomic E-state index is 0.0358. The van der Waals surface area contributed by atoms with Crippen LogP contribution in [0.1, 0.15) is 48.9 Å². The Kier molecular flexibility index (Phi) is 5.17. The lowest BCUT2D eigenvalue weighted by Gasteiger charge is -2.20. The first-order valence-electron chi connectivity index (χ1n) is 6.88. The van der Waals surface area contributed by atoms with Gasteiger partial charge in [-0.25, -0.2) is 4.79 Å². The second-order valence-corrected chi connectivity index (χ2v) is 6.21. The summed E-state index contributed by atoms with van der Waals surface area (Å²) in [6, 6.07) is 4.70. The molecule has 0 heterocycles. The Labute approximate surface area is 126 Å². The fourth-order valence-electron chi connectivity index (χ4n) is 2.65. The number of aromatic carboxylic acids is 1. The molecule has 1 aliphatic carbocycles. The van der Waals surface area contributed by atoms with Crippen molar-refractivity contribution in [2.75, 3.05) is 5.32 Å². The zero-order valence-corrected chi connectivity index (χ0v) is 12.8. The monoisotopic (exact) mass is 339 g/mol. The molecule has 0 bridgehead atoms. The Balaban J connectivity index is 1.98. The number of hydrogen-bond acceptors (Lipinski definition) is 2. The number of carbonyl (C=O) groups is 2. The largest absolute Gasteiger partial charge is 0.478 e. The summed E-state index contributed by atoms with van der Waals surface area (Å²) in [5.41, 5.74) is 0.685. The van der Waals surface area contributed by atoms with Crippen molar-refractivity contribution in [3.05, 3.63) is 28.2 Å². The smallest absolute Gasteiger partial charge is 0.335 e. The zero-order chi connectivity index (χ0) is 14.5. The van der Waals surface area contributed by atoms with Crippen LogP contribution in [0.15, 0.2) is 22.7 Å². The SMILES string of the molecule is O=C(CC1CCCCC1)Nc1cc(Br)cc(C(=O)O)c1. The highest BCUT2D eigenvalue weighted by Crippen LogP contribution is 2.27. The summed E-state index contributed by atoms with van der Waals surface area (Å²) in [7, 11) is 0. The maximum absolute atomic E-state index is 12.0. The van der Waals surface area contributed by atoms with Crippen molar-refractivity contribution in [3.8, 4) is 0 Å². The molecule has 0 aliphatic heterocycles. The van der Waals surface area contributed by atoms with Gasteiger partial charge in [0.25, 0.3) is 0 Å². The van der Waals surface area contributed by atoms with E-state index in [9.17, 15) is 9.59 Å². The Hall–Kier alpha value is -1.36. The molecule has 1 saturated carbocycles. The third-order valence-electron chi connectivity index (χ3n) is 3.63. The number of anilines is 1. The van der Waals surface area contributed by atoms with E-state index in [0.717, 1.165) is 12.8 Å². The number of carbonyl (C=O) groups excluding carboxylic acids is 1. The average molecular weight is 340 g/mol. The lowest BCUT2D eigenvalue weighted by atomic mass is 9.87. The fourth-order valence-corrected chi connectivity index (χ4v) is 3.14. The third kappa shape index (κ3) is 4.34. The van der Waals surface area contributed by atoms with Gasteiger partial charge in [0.05, 0.1) is 5.56 Å². The van der Waals surface area contributed by atoms with E-state index in [4.69, 9.17) is 5.11 Å². The summed E-state index contributed by atoms with van der Waals surface area (Å²) in [4.78, 5) is 23.0. The van der Waals surface area contributed by atoms with Crippen molar-refractivity contribution >= 4 is 33.5 Å². The molecule has 5 heteroatoms. The summed E-state index contributed by atoms with van der Waals surface area (Å²) in [5.74, 6) is -0.574. The highest BCUT2D eigenvalue weighted by atomic mass is 79.9. The van der Waals surface area contributed by atoms with Crippen molar-refractivity contribution in [3.63, 3.8) is 0 Å². The van der Waals surface area contributed by atoms with Gasteiger partial charge in [-0.15, -0.1) is 0 Å². The van der Waals surface area contributed by atoms with Crippen molar-refractivity contribution in [2.45, 2.75) is 38.5 Å². The van der Waals surface area contributed by atoms with E-state index >= 15 is 0 Å². The molecule has 0 radical (unpaired) electrons. The molecule has 108 valence electrons. The molecule has 20 heavy (non-hydrogen) atoms. The van der Waals surface area contributed by atoms with Gasteiger partial charge in [0.15, 0.2) is 0 Å². The van der Waals surface area contributed by atoms with Crippen LogP contribution in [0.2, 0.25) is 0 Å². The van der Waals surface area contributed by atoms with E-state index in [0.29, 0.717) is 22.5 Å². The molecule has 0 unspecified atom stereocenters. The van der Waals surface area contributed by atoms with Gasteiger partial charge in [-0.3, -0.25) is 4.79 Å². The lowest BCUT2D eigenvalue weighted by Crippen LogP contribution is -2.18. The third-order valence-corrected chi connectivity index (χ3v) is 4.09. The minimum Gasteiger partial charge on any atom is -0.478 e. The Morgan fingerprint density at radius 1 is 1.20 bits per heavy atom. The van der Waals surface area contributed by atoms with Crippen LogP contribution in [0, 0.1) is 5.92 Å². The van der Waals surface area contributed by atoms with Gasteiger partial charge in [-0.05, 0) is 37.0 Å². The van der Waals surface area contributed by atoms with Gasteiger partial charge >= 0.3 is 5.97 Å². The minimum atomic E-state index is -1.01. The Morgan fingerprint density at radius 3 is 2.55 bits per heavy atom. The molecular weight excluding hydrogens is 322 g/mol. The number of hydrogen-bond donors (Lipinski definition) is 2. The van der Waals surface area contributed by atoms with E-state index in [1.807, 2.05) is 0 Å². The van der Waals surface area contributed by atoms with Crippen molar-refractivity contribution < 1.29 is 14.7 Å². The lowest BCUT2D eigenvalue weighted by molar-refractivity contribution is -0.117. The molecule has 1 aromatic carbocycles. The molecule has 2 N–H and O–H groups in total. The van der Waals surface area contributed by atoms with E-state index in [1.165, 1.54) is 31.4 Å². The second-order valence-electron chi connectivity index (χ2n) is 5.29. The first-order valence-corrected chi connectivity index (χ1v) is 7.67. The van der Waals surface area contributed by atoms with E-state index in [-0.39, 0.29) is 11.5 Å². The van der Waals surface area contributed by atoms with Crippen molar-refractivity contribution in [1.82, 2.24) is 0 Å². The standard InChI is InChI=1S/C15H18BrNO3/c16-12-7-11(15(19)20)8-13(9-12)17-14(18)6-10-4-2-1-3-5-10/h7-10H,1-6H2,(H,17,18)(H,19,20). The molecule has 0 atom stereocenters. The predicted molar refractivity (Wildman–Crippen MR) is 80.9 cm³/mol. The van der Waals surface area contributed by atoms with E-state index in [1.54, 1.807) is 6.07 Å². The molecule has 1 fully saturated rings. The van der Waals surface area contributed by atoms with Crippen LogP contribution in [0.25, 0.3) is 0 Å². The molecule has 1 aromatic rings. The summed E-state index contributed by atoms with van der Waals surface area (Å²) < 4.78 is 0.644. The Morgan fingerprint density at radius 2 is 1.90 bits per heavy atom. The van der Waals surface area contributed by atoms with Crippen molar-refractivity contribution in [2.24, 2.45) is 5.92 Å². The van der Waals surface area contributed by atoms with Crippen LogP contribution in [-0.2, 0) is 4.79 Å². The first-order chi connectivity index (χ1) is 9.54. The summed E-state index contributed by atoms with van der Waals surface area (Å²) in [6.07, 6.45) is 6.44. The average Bonchev–Trinajstić information content (AvgIpc) is 2.38. The summed E-state index contributed by atoms with van der Waals surface area (Å²) in [5, 5.41) is 11.8. The van der Waals surface area contributed by atoms with Gasteiger partial charge in [0.1, 0.15) is 0 Å². The highest BCUT2D eigenvalue weighted by Gasteiger charge is 2.17. The zero-order valence-electron chi connectivity index (χ0n) is 11.2. The molecular formula is C15H18BrNO3. The van der Waals surface area contributed by atoms with Crippen molar-refractivity contribution in [1.29, 1.82) is 0 Å². The number of nitrogens with one attached hydrogen (secondary N) is 1. The molecule has 1 aliphatic rings.